The van der Waals surface area contributed by atoms with Crippen LogP contribution in [0.5, 0.6) is 5.75 Å². The second-order valence-electron chi connectivity index (χ2n) is 9.60. The number of pyridine rings is 1. The third-order valence-corrected chi connectivity index (χ3v) is 6.74. The van der Waals surface area contributed by atoms with Crippen LogP contribution in [0.3, 0.4) is 0 Å². The van der Waals surface area contributed by atoms with Crippen molar-refractivity contribution in [2.75, 3.05) is 0 Å². The Morgan fingerprint density at radius 3 is 2.21 bits per heavy atom. The molecule has 0 unspecified atom stereocenters. The Balaban J connectivity index is 1.30. The molecule has 3 aromatic carbocycles. The molecule has 7 nitrogen and oxygen atoms in total. The summed E-state index contributed by atoms with van der Waals surface area (Å²) in [6.45, 7) is 0. The summed E-state index contributed by atoms with van der Waals surface area (Å²) in [6, 6.07) is 27.5. The third kappa shape index (κ3) is 6.51. The fraction of sp³-hybridized carbons (Fsp3) is 0.156. The van der Waals surface area contributed by atoms with Gasteiger partial charge in [0, 0.05) is 18.8 Å². The topological polar surface area (TPSA) is 104 Å². The van der Waals surface area contributed by atoms with Crippen LogP contribution in [0.25, 0.3) is 5.65 Å². The maximum Gasteiger partial charge on any atom is 0.326 e. The molecule has 39 heavy (non-hydrogen) atoms. The number of amides is 1. The number of carboxylic acids is 1. The molecule has 5 aromatic rings. The van der Waals surface area contributed by atoms with E-state index in [0.29, 0.717) is 12.1 Å². The molecule has 0 spiro atoms. The van der Waals surface area contributed by atoms with Crippen molar-refractivity contribution < 1.29 is 19.8 Å². The quantitative estimate of drug-likeness (QED) is 0.245. The summed E-state index contributed by atoms with van der Waals surface area (Å²) < 4.78 is 1.79. The lowest BCUT2D eigenvalue weighted by Crippen LogP contribution is -2.42. The van der Waals surface area contributed by atoms with Crippen molar-refractivity contribution in [1.29, 1.82) is 0 Å². The lowest BCUT2D eigenvalue weighted by molar-refractivity contribution is -0.139. The normalized spacial score (nSPS) is 11.8. The fourth-order valence-electron chi connectivity index (χ4n) is 4.67. The number of aromatic nitrogens is 2. The van der Waals surface area contributed by atoms with Gasteiger partial charge in [0.25, 0.3) is 5.91 Å². The molecule has 0 radical (unpaired) electrons. The summed E-state index contributed by atoms with van der Waals surface area (Å²) in [5, 5.41) is 22.6. The van der Waals surface area contributed by atoms with E-state index in [-0.39, 0.29) is 17.9 Å². The Hall–Kier alpha value is -4.91. The Morgan fingerprint density at radius 1 is 0.795 bits per heavy atom. The van der Waals surface area contributed by atoms with Crippen molar-refractivity contribution >= 4 is 17.5 Å². The average Bonchev–Trinajstić information content (AvgIpc) is 3.38. The molecule has 2 aromatic heterocycles. The minimum Gasteiger partial charge on any atom is -0.508 e. The van der Waals surface area contributed by atoms with Gasteiger partial charge in [-0.15, -0.1) is 0 Å². The number of phenols is 1. The largest absolute Gasteiger partial charge is 0.508 e. The number of fused-ring (bicyclic) bond motifs is 1. The minimum atomic E-state index is -1.16. The summed E-state index contributed by atoms with van der Waals surface area (Å²) in [6.07, 6.45) is 5.92. The Bertz CT molecular complexity index is 1600. The van der Waals surface area contributed by atoms with Crippen molar-refractivity contribution in [2.45, 2.75) is 31.7 Å². The van der Waals surface area contributed by atoms with Gasteiger partial charge in [-0.2, -0.15) is 0 Å². The number of rotatable bonds is 10. The lowest BCUT2D eigenvalue weighted by atomic mass is 9.95. The van der Waals surface area contributed by atoms with E-state index in [4.69, 9.17) is 0 Å². The van der Waals surface area contributed by atoms with Crippen LogP contribution in [0, 0.1) is 0 Å². The number of carbonyl (C=O) groups is 2. The van der Waals surface area contributed by atoms with E-state index < -0.39 is 17.9 Å². The molecule has 0 bridgehead atoms. The first-order valence-electron chi connectivity index (χ1n) is 12.8. The molecule has 3 N–H and O–H groups in total. The summed E-state index contributed by atoms with van der Waals surface area (Å²) in [5.74, 6) is -1.59. The van der Waals surface area contributed by atoms with Crippen molar-refractivity contribution in [2.24, 2.45) is 0 Å². The van der Waals surface area contributed by atoms with Gasteiger partial charge in [-0.3, -0.25) is 4.79 Å². The number of imidazole rings is 1. The molecule has 0 aliphatic carbocycles. The molecule has 5 rings (SSSR count). The Kier molecular flexibility index (Phi) is 7.68. The molecule has 2 heterocycles. The smallest absolute Gasteiger partial charge is 0.326 e. The standard InChI is InChI=1S/C32H29N3O4/c36-27-15-14-25(26(18-27)17-23-9-5-2-6-10-23)19-28(32(38)39)34-31(37)29-21-35-20-24(13-16-30(35)33-29)12-11-22-7-3-1-4-8-22/h1-10,13-16,18,20-21,28,36H,11-12,17,19H2,(H,34,37)(H,38,39)/t28-/m0/s1. The van der Waals surface area contributed by atoms with Crippen LogP contribution in [0.15, 0.2) is 103 Å². The molecule has 0 saturated carbocycles. The Morgan fingerprint density at radius 2 is 1.49 bits per heavy atom. The second-order valence-corrected chi connectivity index (χ2v) is 9.60. The lowest BCUT2D eigenvalue weighted by Gasteiger charge is -2.17. The highest BCUT2D eigenvalue weighted by Crippen LogP contribution is 2.22. The van der Waals surface area contributed by atoms with E-state index in [9.17, 15) is 19.8 Å². The van der Waals surface area contributed by atoms with E-state index in [1.54, 1.807) is 22.7 Å². The molecular formula is C32H29N3O4. The van der Waals surface area contributed by atoms with Crippen molar-refractivity contribution in [3.63, 3.8) is 0 Å². The number of nitrogens with one attached hydrogen (secondary N) is 1. The number of nitrogens with zero attached hydrogens (tertiary/aromatic N) is 2. The molecule has 7 heteroatoms. The van der Waals surface area contributed by atoms with Gasteiger partial charge in [0.15, 0.2) is 0 Å². The highest BCUT2D eigenvalue weighted by atomic mass is 16.4. The third-order valence-electron chi connectivity index (χ3n) is 6.74. The van der Waals surface area contributed by atoms with Gasteiger partial charge in [-0.1, -0.05) is 72.8 Å². The molecular weight excluding hydrogens is 490 g/mol. The fourth-order valence-corrected chi connectivity index (χ4v) is 4.67. The molecule has 0 saturated heterocycles. The summed E-state index contributed by atoms with van der Waals surface area (Å²) in [4.78, 5) is 29.6. The number of carboxylic acid groups (broad SMARTS) is 1. The van der Waals surface area contributed by atoms with Crippen LogP contribution in [-0.4, -0.2) is 37.5 Å². The van der Waals surface area contributed by atoms with Crippen molar-refractivity contribution in [3.8, 4) is 5.75 Å². The number of aliphatic carboxylic acids is 1. The molecule has 0 aliphatic heterocycles. The zero-order valence-corrected chi connectivity index (χ0v) is 21.3. The van der Waals surface area contributed by atoms with Gasteiger partial charge in [-0.25, -0.2) is 9.78 Å². The van der Waals surface area contributed by atoms with E-state index in [1.165, 1.54) is 11.6 Å². The van der Waals surface area contributed by atoms with E-state index in [0.717, 1.165) is 35.1 Å². The monoisotopic (exact) mass is 519 g/mol. The van der Waals surface area contributed by atoms with E-state index in [2.05, 4.69) is 22.4 Å². The number of hydrogen-bond donors (Lipinski definition) is 3. The highest BCUT2D eigenvalue weighted by molar-refractivity contribution is 5.95. The molecule has 196 valence electrons. The first-order valence-corrected chi connectivity index (χ1v) is 12.8. The number of aromatic hydroxyl groups is 1. The molecule has 1 atom stereocenters. The number of aryl methyl sites for hydroxylation is 2. The van der Waals surface area contributed by atoms with E-state index in [1.807, 2.05) is 66.9 Å². The number of hydrogen-bond acceptors (Lipinski definition) is 4. The van der Waals surface area contributed by atoms with Crippen molar-refractivity contribution in [3.05, 3.63) is 137 Å². The van der Waals surface area contributed by atoms with Crippen molar-refractivity contribution in [1.82, 2.24) is 14.7 Å². The van der Waals surface area contributed by atoms with Gasteiger partial charge in [0.2, 0.25) is 0 Å². The van der Waals surface area contributed by atoms with Gasteiger partial charge in [0.1, 0.15) is 23.1 Å². The SMILES string of the molecule is O=C(N[C@@H](Cc1ccc(O)cc1Cc1ccccc1)C(=O)O)c1cn2cc(CCc3ccccc3)ccc2n1. The van der Waals surface area contributed by atoms with Gasteiger partial charge < -0.3 is 19.9 Å². The maximum atomic E-state index is 13.1. The summed E-state index contributed by atoms with van der Waals surface area (Å²) in [5.41, 5.74) is 5.70. The average molecular weight is 520 g/mol. The molecule has 1 amide bonds. The van der Waals surface area contributed by atoms with Crippen LogP contribution in [0.1, 0.15) is 38.3 Å². The first kappa shape index (κ1) is 25.7. The zero-order chi connectivity index (χ0) is 27.2. The van der Waals surface area contributed by atoms with Gasteiger partial charge in [0.05, 0.1) is 0 Å². The predicted octanol–water partition coefficient (Wildman–Crippen LogP) is 4.84. The van der Waals surface area contributed by atoms with E-state index >= 15 is 0 Å². The maximum absolute atomic E-state index is 13.1. The van der Waals surface area contributed by atoms with Crippen LogP contribution in [0.2, 0.25) is 0 Å². The molecule has 0 aliphatic rings. The van der Waals surface area contributed by atoms with Crippen LogP contribution in [-0.2, 0) is 30.5 Å². The zero-order valence-electron chi connectivity index (χ0n) is 21.3. The van der Waals surface area contributed by atoms with Crippen LogP contribution in [0.4, 0.5) is 0 Å². The predicted molar refractivity (Wildman–Crippen MR) is 149 cm³/mol. The summed E-state index contributed by atoms with van der Waals surface area (Å²) >= 11 is 0. The molecule has 0 fully saturated rings. The highest BCUT2D eigenvalue weighted by Gasteiger charge is 2.24. The van der Waals surface area contributed by atoms with Gasteiger partial charge in [-0.05, 0) is 65.3 Å². The number of carbonyl (C=O) groups excluding carboxylic acids is 1. The number of phenolic OH excluding ortho intramolecular Hbond substituents is 1. The number of benzene rings is 3. The summed E-state index contributed by atoms with van der Waals surface area (Å²) in [7, 11) is 0. The first-order chi connectivity index (χ1) is 18.9. The minimum absolute atomic E-state index is 0.0700. The Labute approximate surface area is 226 Å². The van der Waals surface area contributed by atoms with Crippen LogP contribution < -0.4 is 5.32 Å². The van der Waals surface area contributed by atoms with Crippen LogP contribution >= 0.6 is 0 Å². The second kappa shape index (κ2) is 11.6. The van der Waals surface area contributed by atoms with Gasteiger partial charge >= 0.3 is 5.97 Å².